The van der Waals surface area contributed by atoms with Gasteiger partial charge in [-0.2, -0.15) is 4.98 Å². The van der Waals surface area contributed by atoms with Crippen LogP contribution in [0.4, 0.5) is 0 Å². The molecule has 3 aromatic rings. The van der Waals surface area contributed by atoms with Crippen LogP contribution in [-0.2, 0) is 6.54 Å². The van der Waals surface area contributed by atoms with Gasteiger partial charge in [-0.15, -0.1) is 0 Å². The molecule has 0 radical (unpaired) electrons. The van der Waals surface area contributed by atoms with Crippen molar-refractivity contribution in [1.29, 1.82) is 0 Å². The van der Waals surface area contributed by atoms with Crippen LogP contribution >= 0.6 is 0 Å². The fourth-order valence-electron chi connectivity index (χ4n) is 1.74. The molecule has 0 N–H and O–H groups in total. The molecule has 0 aliphatic heterocycles. The smallest absolute Gasteiger partial charge is 0.214 e. The molecular weight excluding hydrogens is 214 g/mol. The summed E-state index contributed by atoms with van der Waals surface area (Å²) in [5.41, 5.74) is 2.21. The molecule has 0 aliphatic rings. The Morgan fingerprint density at radius 2 is 1.82 bits per heavy atom. The van der Waals surface area contributed by atoms with Crippen LogP contribution in [0.15, 0.2) is 59.7 Å². The van der Waals surface area contributed by atoms with Gasteiger partial charge in [0.25, 0.3) is 0 Å². The Morgan fingerprint density at radius 1 is 1.06 bits per heavy atom. The predicted octanol–water partition coefficient (Wildman–Crippen LogP) is 2.59. The molecule has 0 amide bonds. The Kier molecular flexibility index (Phi) is 2.46. The Morgan fingerprint density at radius 3 is 2.47 bits per heavy atom. The SMILES string of the molecule is c1ccn(Cc2ccc(-c3ncon3)cc2)c1. The first-order valence-electron chi connectivity index (χ1n) is 5.38. The Bertz CT molecular complexity index is 568. The largest absolute Gasteiger partial charge is 0.350 e. The Balaban J connectivity index is 1.81. The van der Waals surface area contributed by atoms with Gasteiger partial charge >= 0.3 is 0 Å². The number of benzene rings is 1. The van der Waals surface area contributed by atoms with E-state index in [4.69, 9.17) is 4.52 Å². The summed E-state index contributed by atoms with van der Waals surface area (Å²) in [7, 11) is 0. The maximum absolute atomic E-state index is 4.72. The summed E-state index contributed by atoms with van der Waals surface area (Å²) < 4.78 is 6.85. The van der Waals surface area contributed by atoms with Crippen LogP contribution in [-0.4, -0.2) is 14.7 Å². The summed E-state index contributed by atoms with van der Waals surface area (Å²) in [6, 6.07) is 12.2. The van der Waals surface area contributed by atoms with Gasteiger partial charge in [0, 0.05) is 24.5 Å². The van der Waals surface area contributed by atoms with Crippen molar-refractivity contribution >= 4 is 0 Å². The third kappa shape index (κ3) is 2.10. The predicted molar refractivity (Wildman–Crippen MR) is 63.3 cm³/mol. The second-order valence-corrected chi connectivity index (χ2v) is 3.81. The van der Waals surface area contributed by atoms with Gasteiger partial charge in [0.15, 0.2) is 0 Å². The van der Waals surface area contributed by atoms with Gasteiger partial charge in [0.2, 0.25) is 12.2 Å². The fraction of sp³-hybridized carbons (Fsp3) is 0.0769. The minimum absolute atomic E-state index is 0.623. The Labute approximate surface area is 98.5 Å². The molecule has 3 rings (SSSR count). The molecule has 0 spiro atoms. The van der Waals surface area contributed by atoms with Crippen LogP contribution in [0, 0.1) is 0 Å². The van der Waals surface area contributed by atoms with Gasteiger partial charge in [-0.3, -0.25) is 0 Å². The molecule has 1 aromatic carbocycles. The van der Waals surface area contributed by atoms with Crippen LogP contribution in [0.3, 0.4) is 0 Å². The van der Waals surface area contributed by atoms with Crippen molar-refractivity contribution in [3.8, 4) is 11.4 Å². The van der Waals surface area contributed by atoms with Gasteiger partial charge < -0.3 is 9.09 Å². The molecule has 17 heavy (non-hydrogen) atoms. The number of aromatic nitrogens is 3. The third-order valence-electron chi connectivity index (χ3n) is 2.60. The van der Waals surface area contributed by atoms with Gasteiger partial charge in [-0.25, -0.2) is 0 Å². The van der Waals surface area contributed by atoms with Gasteiger partial charge in [0.1, 0.15) is 0 Å². The first kappa shape index (κ1) is 9.84. The average molecular weight is 225 g/mol. The maximum Gasteiger partial charge on any atom is 0.214 e. The van der Waals surface area contributed by atoms with Crippen LogP contribution in [0.2, 0.25) is 0 Å². The number of hydrogen-bond donors (Lipinski definition) is 0. The second kappa shape index (κ2) is 4.25. The van der Waals surface area contributed by atoms with E-state index in [1.165, 1.54) is 12.0 Å². The molecule has 0 fully saturated rings. The zero-order chi connectivity index (χ0) is 11.5. The van der Waals surface area contributed by atoms with E-state index < -0.39 is 0 Å². The Hall–Kier alpha value is -2.36. The molecule has 0 unspecified atom stereocenters. The summed E-state index contributed by atoms with van der Waals surface area (Å²) in [6.07, 6.45) is 5.43. The topological polar surface area (TPSA) is 43.9 Å². The van der Waals surface area contributed by atoms with Gasteiger partial charge in [0.05, 0.1) is 0 Å². The average Bonchev–Trinajstić information content (AvgIpc) is 3.01. The summed E-state index contributed by atoms with van der Waals surface area (Å²) in [5, 5.41) is 3.80. The molecule has 0 bridgehead atoms. The van der Waals surface area contributed by atoms with E-state index in [-0.39, 0.29) is 0 Å². The van der Waals surface area contributed by atoms with E-state index in [9.17, 15) is 0 Å². The highest BCUT2D eigenvalue weighted by molar-refractivity contribution is 5.54. The summed E-state index contributed by atoms with van der Waals surface area (Å²) in [5.74, 6) is 0.623. The molecule has 2 aromatic heterocycles. The van der Waals surface area contributed by atoms with Gasteiger partial charge in [-0.05, 0) is 17.7 Å². The van der Waals surface area contributed by atoms with Crippen LogP contribution < -0.4 is 0 Å². The summed E-state index contributed by atoms with van der Waals surface area (Å²) >= 11 is 0. The van der Waals surface area contributed by atoms with Crippen LogP contribution in [0.5, 0.6) is 0 Å². The van der Waals surface area contributed by atoms with Crippen molar-refractivity contribution in [2.24, 2.45) is 0 Å². The molecule has 2 heterocycles. The zero-order valence-corrected chi connectivity index (χ0v) is 9.15. The molecule has 0 atom stereocenters. The highest BCUT2D eigenvalue weighted by Gasteiger charge is 2.02. The lowest BCUT2D eigenvalue weighted by Gasteiger charge is -2.03. The highest BCUT2D eigenvalue weighted by Crippen LogP contribution is 2.15. The molecule has 0 saturated carbocycles. The molecule has 4 heteroatoms. The van der Waals surface area contributed by atoms with Crippen molar-refractivity contribution in [3.63, 3.8) is 0 Å². The zero-order valence-electron chi connectivity index (χ0n) is 9.15. The summed E-state index contributed by atoms with van der Waals surface area (Å²) in [4.78, 5) is 4.01. The van der Waals surface area contributed by atoms with E-state index in [2.05, 4.69) is 26.8 Å². The molecular formula is C13H11N3O. The normalized spacial score (nSPS) is 10.6. The van der Waals surface area contributed by atoms with E-state index in [0.717, 1.165) is 12.1 Å². The van der Waals surface area contributed by atoms with Gasteiger partial charge in [-0.1, -0.05) is 29.4 Å². The van der Waals surface area contributed by atoms with E-state index in [0.29, 0.717) is 5.82 Å². The van der Waals surface area contributed by atoms with Crippen molar-refractivity contribution in [3.05, 3.63) is 60.7 Å². The first-order valence-corrected chi connectivity index (χ1v) is 5.38. The minimum atomic E-state index is 0.623. The van der Waals surface area contributed by atoms with E-state index in [1.807, 2.05) is 36.7 Å². The number of rotatable bonds is 3. The number of hydrogen-bond acceptors (Lipinski definition) is 3. The second-order valence-electron chi connectivity index (χ2n) is 3.81. The number of nitrogens with zero attached hydrogens (tertiary/aromatic N) is 3. The van der Waals surface area contributed by atoms with Crippen molar-refractivity contribution < 1.29 is 4.52 Å². The lowest BCUT2D eigenvalue weighted by Crippen LogP contribution is -1.95. The van der Waals surface area contributed by atoms with Crippen molar-refractivity contribution in [2.45, 2.75) is 6.54 Å². The monoisotopic (exact) mass is 225 g/mol. The fourth-order valence-corrected chi connectivity index (χ4v) is 1.74. The summed E-state index contributed by atoms with van der Waals surface area (Å²) in [6.45, 7) is 0.875. The van der Waals surface area contributed by atoms with E-state index in [1.54, 1.807) is 0 Å². The van der Waals surface area contributed by atoms with Crippen LogP contribution in [0.1, 0.15) is 5.56 Å². The standard InChI is InChI=1S/C13H11N3O/c1-2-8-16(7-1)9-11-3-5-12(6-4-11)13-14-10-17-15-13/h1-8,10H,9H2. The van der Waals surface area contributed by atoms with Crippen LogP contribution in [0.25, 0.3) is 11.4 Å². The quantitative estimate of drug-likeness (QED) is 0.688. The molecule has 0 saturated heterocycles. The minimum Gasteiger partial charge on any atom is -0.350 e. The van der Waals surface area contributed by atoms with Crippen molar-refractivity contribution in [1.82, 2.24) is 14.7 Å². The lowest BCUT2D eigenvalue weighted by atomic mass is 10.1. The van der Waals surface area contributed by atoms with E-state index >= 15 is 0 Å². The molecule has 0 aliphatic carbocycles. The third-order valence-corrected chi connectivity index (χ3v) is 2.60. The molecule has 4 nitrogen and oxygen atoms in total. The lowest BCUT2D eigenvalue weighted by molar-refractivity contribution is 0.419. The van der Waals surface area contributed by atoms with Crippen molar-refractivity contribution in [2.75, 3.05) is 0 Å². The molecule has 84 valence electrons. The maximum atomic E-state index is 4.72. The highest BCUT2D eigenvalue weighted by atomic mass is 16.5. The first-order chi connectivity index (χ1) is 8.42.